The zero-order valence-corrected chi connectivity index (χ0v) is 19.9. The van der Waals surface area contributed by atoms with Crippen LogP contribution >= 0.6 is 0 Å². The number of carbonyl (C=O) groups excluding carboxylic acids is 2. The van der Waals surface area contributed by atoms with E-state index in [1.54, 1.807) is 25.9 Å². The molecule has 0 saturated carbocycles. The first-order chi connectivity index (χ1) is 15.3. The van der Waals surface area contributed by atoms with Crippen LogP contribution in [-0.2, 0) is 19.6 Å². The molecule has 1 heterocycles. The van der Waals surface area contributed by atoms with Gasteiger partial charge in [-0.05, 0) is 54.7 Å². The Morgan fingerprint density at radius 2 is 1.91 bits per heavy atom. The quantitative estimate of drug-likeness (QED) is 0.542. The molecule has 1 saturated heterocycles. The molecule has 7 nitrogen and oxygen atoms in total. The molecule has 1 aliphatic heterocycles. The van der Waals surface area contributed by atoms with E-state index >= 15 is 0 Å². The molecule has 1 fully saturated rings. The monoisotopic (exact) mass is 460 g/mol. The van der Waals surface area contributed by atoms with Crippen LogP contribution in [0.25, 0.3) is 10.8 Å². The molecule has 0 N–H and O–H groups in total. The molecule has 0 aliphatic carbocycles. The van der Waals surface area contributed by atoms with Crippen molar-refractivity contribution in [3.8, 4) is 5.75 Å². The SMILES string of the molecule is CCCS(=O)(=O)N(CCCN1CCCC1=O)C(=O)[C@@H](C)c1ccc2cc(OC)ccc2c1. The molecule has 1 aliphatic rings. The predicted octanol–water partition coefficient (Wildman–Crippen LogP) is 3.53. The number of fused-ring (bicyclic) bond motifs is 1. The van der Waals surface area contributed by atoms with E-state index in [0.717, 1.165) is 32.8 Å². The molecule has 2 aromatic carbocycles. The number of likely N-dealkylation sites (tertiary alicyclic amines) is 1. The molecule has 0 unspecified atom stereocenters. The molecule has 0 bridgehead atoms. The van der Waals surface area contributed by atoms with Gasteiger partial charge in [-0.25, -0.2) is 12.7 Å². The number of amides is 2. The Hall–Kier alpha value is -2.61. The highest BCUT2D eigenvalue weighted by Crippen LogP contribution is 2.27. The van der Waals surface area contributed by atoms with Crippen LogP contribution in [0.15, 0.2) is 36.4 Å². The second-order valence-corrected chi connectivity index (χ2v) is 10.3. The molecule has 8 heteroatoms. The van der Waals surface area contributed by atoms with Crippen LogP contribution in [0.1, 0.15) is 51.0 Å². The molecular formula is C24H32N2O5S. The zero-order valence-electron chi connectivity index (χ0n) is 19.0. The first-order valence-electron chi connectivity index (χ1n) is 11.2. The summed E-state index contributed by atoms with van der Waals surface area (Å²) < 4.78 is 32.1. The van der Waals surface area contributed by atoms with Crippen LogP contribution in [0.3, 0.4) is 0 Å². The molecule has 2 aromatic rings. The lowest BCUT2D eigenvalue weighted by atomic mass is 9.97. The summed E-state index contributed by atoms with van der Waals surface area (Å²) in [6.45, 7) is 4.78. The van der Waals surface area contributed by atoms with Crippen molar-refractivity contribution >= 4 is 32.6 Å². The van der Waals surface area contributed by atoms with Crippen molar-refractivity contribution < 1.29 is 22.7 Å². The first-order valence-corrected chi connectivity index (χ1v) is 12.8. The number of nitrogens with zero attached hydrogens (tertiary/aromatic N) is 2. The van der Waals surface area contributed by atoms with Gasteiger partial charge >= 0.3 is 0 Å². The molecule has 0 spiro atoms. The number of sulfonamides is 1. The third-order valence-electron chi connectivity index (χ3n) is 5.95. The topological polar surface area (TPSA) is 84.0 Å². The Balaban J connectivity index is 1.79. The van der Waals surface area contributed by atoms with Crippen molar-refractivity contribution in [2.24, 2.45) is 0 Å². The lowest BCUT2D eigenvalue weighted by molar-refractivity contribution is -0.128. The van der Waals surface area contributed by atoms with E-state index < -0.39 is 21.8 Å². The molecule has 32 heavy (non-hydrogen) atoms. The first kappa shape index (κ1) is 24.0. The lowest BCUT2D eigenvalue weighted by Crippen LogP contribution is -2.42. The standard InChI is InChI=1S/C24H32N2O5S/c1-4-15-32(29,30)26(14-6-13-25-12-5-7-23(25)27)24(28)18(2)19-8-9-21-17-22(31-3)11-10-20(21)16-19/h8-11,16-18H,4-7,12-15H2,1-3H3/t18-/m0/s1. The van der Waals surface area contributed by atoms with Gasteiger partial charge in [0, 0.05) is 26.1 Å². The van der Waals surface area contributed by atoms with E-state index in [1.807, 2.05) is 36.4 Å². The van der Waals surface area contributed by atoms with Gasteiger partial charge in [0.05, 0.1) is 18.8 Å². The Morgan fingerprint density at radius 3 is 2.56 bits per heavy atom. The number of benzene rings is 2. The summed E-state index contributed by atoms with van der Waals surface area (Å²) in [7, 11) is -2.11. The number of hydrogen-bond donors (Lipinski definition) is 0. The molecule has 0 aromatic heterocycles. The second kappa shape index (κ2) is 10.3. The molecular weight excluding hydrogens is 428 g/mol. The average molecular weight is 461 g/mol. The number of rotatable bonds is 10. The smallest absolute Gasteiger partial charge is 0.243 e. The van der Waals surface area contributed by atoms with Gasteiger partial charge < -0.3 is 9.64 Å². The molecule has 2 amide bonds. The lowest BCUT2D eigenvalue weighted by Gasteiger charge is -2.26. The summed E-state index contributed by atoms with van der Waals surface area (Å²) in [5.74, 6) is -0.269. The Kier molecular flexibility index (Phi) is 7.77. The zero-order chi connectivity index (χ0) is 23.3. The molecule has 3 rings (SSSR count). The van der Waals surface area contributed by atoms with Crippen molar-refractivity contribution in [3.05, 3.63) is 42.0 Å². The van der Waals surface area contributed by atoms with E-state index in [4.69, 9.17) is 4.74 Å². The van der Waals surface area contributed by atoms with Crippen molar-refractivity contribution in [2.45, 2.75) is 45.4 Å². The van der Waals surface area contributed by atoms with Crippen molar-refractivity contribution in [3.63, 3.8) is 0 Å². The fraction of sp³-hybridized carbons (Fsp3) is 0.500. The van der Waals surface area contributed by atoms with Crippen LogP contribution in [0.5, 0.6) is 5.75 Å². The predicted molar refractivity (Wildman–Crippen MR) is 125 cm³/mol. The fourth-order valence-electron chi connectivity index (χ4n) is 4.10. The van der Waals surface area contributed by atoms with Gasteiger partial charge in [0.15, 0.2) is 0 Å². The van der Waals surface area contributed by atoms with Gasteiger partial charge in [0.1, 0.15) is 5.75 Å². The maximum Gasteiger partial charge on any atom is 0.243 e. The third kappa shape index (κ3) is 5.41. The summed E-state index contributed by atoms with van der Waals surface area (Å²) in [6, 6.07) is 11.4. The molecule has 0 radical (unpaired) electrons. The summed E-state index contributed by atoms with van der Waals surface area (Å²) in [5.41, 5.74) is 0.763. The number of methoxy groups -OCH3 is 1. The highest BCUT2D eigenvalue weighted by atomic mass is 32.2. The fourth-order valence-corrected chi connectivity index (χ4v) is 5.67. The largest absolute Gasteiger partial charge is 0.497 e. The van der Waals surface area contributed by atoms with E-state index in [2.05, 4.69) is 0 Å². The highest BCUT2D eigenvalue weighted by Gasteiger charge is 2.31. The number of ether oxygens (including phenoxy) is 1. The normalized spacial score (nSPS) is 15.2. The maximum absolute atomic E-state index is 13.3. The van der Waals surface area contributed by atoms with Crippen molar-refractivity contribution in [1.29, 1.82) is 0 Å². The van der Waals surface area contributed by atoms with Crippen molar-refractivity contribution in [2.75, 3.05) is 32.5 Å². The van der Waals surface area contributed by atoms with Crippen LogP contribution in [0.4, 0.5) is 0 Å². The number of hydrogen-bond acceptors (Lipinski definition) is 5. The van der Waals surface area contributed by atoms with Gasteiger partial charge in [-0.15, -0.1) is 0 Å². The van der Waals surface area contributed by atoms with Crippen LogP contribution in [-0.4, -0.2) is 61.9 Å². The van der Waals surface area contributed by atoms with E-state index in [0.29, 0.717) is 32.4 Å². The molecule has 174 valence electrons. The molecule has 1 atom stereocenters. The summed E-state index contributed by atoms with van der Waals surface area (Å²) in [4.78, 5) is 26.9. The van der Waals surface area contributed by atoms with Gasteiger partial charge in [0.2, 0.25) is 21.8 Å². The highest BCUT2D eigenvalue weighted by molar-refractivity contribution is 7.89. The van der Waals surface area contributed by atoms with Gasteiger partial charge in [-0.1, -0.05) is 31.2 Å². The Morgan fingerprint density at radius 1 is 1.19 bits per heavy atom. The maximum atomic E-state index is 13.3. The minimum atomic E-state index is -3.72. The summed E-state index contributed by atoms with van der Waals surface area (Å²) in [5, 5.41) is 1.94. The van der Waals surface area contributed by atoms with Crippen molar-refractivity contribution in [1.82, 2.24) is 9.21 Å². The van der Waals surface area contributed by atoms with Crippen LogP contribution in [0.2, 0.25) is 0 Å². The summed E-state index contributed by atoms with van der Waals surface area (Å²) >= 11 is 0. The van der Waals surface area contributed by atoms with E-state index in [9.17, 15) is 18.0 Å². The van der Waals surface area contributed by atoms with Gasteiger partial charge in [0.25, 0.3) is 0 Å². The van der Waals surface area contributed by atoms with Gasteiger partial charge in [-0.2, -0.15) is 0 Å². The Labute approximate surface area is 190 Å². The Bertz CT molecular complexity index is 1080. The van der Waals surface area contributed by atoms with Crippen LogP contribution < -0.4 is 4.74 Å². The third-order valence-corrected chi connectivity index (χ3v) is 7.90. The van der Waals surface area contributed by atoms with E-state index in [-0.39, 0.29) is 18.2 Å². The minimum Gasteiger partial charge on any atom is -0.497 e. The second-order valence-electron chi connectivity index (χ2n) is 8.26. The summed E-state index contributed by atoms with van der Waals surface area (Å²) in [6.07, 6.45) is 2.25. The van der Waals surface area contributed by atoms with Crippen LogP contribution in [0, 0.1) is 0 Å². The number of carbonyl (C=O) groups is 2. The van der Waals surface area contributed by atoms with E-state index in [1.165, 1.54) is 0 Å². The minimum absolute atomic E-state index is 0.0778. The van der Waals surface area contributed by atoms with Gasteiger partial charge in [-0.3, -0.25) is 9.59 Å². The average Bonchev–Trinajstić information content (AvgIpc) is 3.19.